The van der Waals surface area contributed by atoms with Crippen molar-refractivity contribution in [3.63, 3.8) is 0 Å². The van der Waals surface area contributed by atoms with Gasteiger partial charge >= 0.3 is 6.18 Å². The lowest BCUT2D eigenvalue weighted by Crippen LogP contribution is -2.07. The molecule has 0 saturated carbocycles. The van der Waals surface area contributed by atoms with Crippen molar-refractivity contribution < 1.29 is 13.2 Å². The second-order valence-corrected chi connectivity index (χ2v) is 4.59. The lowest BCUT2D eigenvalue weighted by atomic mass is 10.0. The van der Waals surface area contributed by atoms with Gasteiger partial charge in [0.2, 0.25) is 0 Å². The predicted molar refractivity (Wildman–Crippen MR) is 69.8 cm³/mol. The fourth-order valence-corrected chi connectivity index (χ4v) is 2.40. The average Bonchev–Trinajstić information content (AvgIpc) is 2.68. The Labute approximate surface area is 110 Å². The molecule has 1 aromatic carbocycles. The average molecular weight is 267 g/mol. The second kappa shape index (κ2) is 5.11. The van der Waals surface area contributed by atoms with Crippen molar-refractivity contribution >= 4 is 0 Å². The van der Waals surface area contributed by atoms with Gasteiger partial charge in [-0.2, -0.15) is 13.2 Å². The molecule has 0 fully saturated rings. The molecule has 0 aliphatic rings. The Bertz CT molecular complexity index is 553. The Hall–Kier alpha value is -1.71. The summed E-state index contributed by atoms with van der Waals surface area (Å²) in [6.45, 7) is 1.89. The van der Waals surface area contributed by atoms with Crippen LogP contribution in [0, 0.1) is 0 Å². The van der Waals surface area contributed by atoms with Crippen molar-refractivity contribution in [2.45, 2.75) is 25.9 Å². The molecular formula is C15H16F3N. The van der Waals surface area contributed by atoms with E-state index < -0.39 is 11.7 Å². The molecule has 4 heteroatoms. The molecular weight excluding hydrogens is 251 g/mol. The first-order chi connectivity index (χ1) is 8.95. The van der Waals surface area contributed by atoms with E-state index in [1.165, 1.54) is 6.20 Å². The van der Waals surface area contributed by atoms with E-state index >= 15 is 0 Å². The topological polar surface area (TPSA) is 4.93 Å². The maximum absolute atomic E-state index is 13.1. The van der Waals surface area contributed by atoms with E-state index in [9.17, 15) is 13.2 Å². The summed E-state index contributed by atoms with van der Waals surface area (Å²) in [5.74, 6) is 0. The summed E-state index contributed by atoms with van der Waals surface area (Å²) < 4.78 is 40.8. The van der Waals surface area contributed by atoms with E-state index in [0.29, 0.717) is 24.1 Å². The molecule has 1 nitrogen and oxygen atoms in total. The zero-order valence-electron chi connectivity index (χ0n) is 11.0. The summed E-state index contributed by atoms with van der Waals surface area (Å²) in [5.41, 5.74) is 1.36. The molecule has 0 spiro atoms. The Kier molecular flexibility index (Phi) is 3.69. The highest BCUT2D eigenvalue weighted by Crippen LogP contribution is 2.38. The van der Waals surface area contributed by atoms with Crippen LogP contribution < -0.4 is 0 Å². The maximum atomic E-state index is 13.1. The first kappa shape index (κ1) is 13.7. The SMILES string of the molecule is CCCc1c(C(F)(F)F)cn(C)c1-c1ccccc1. The van der Waals surface area contributed by atoms with Gasteiger partial charge in [0.25, 0.3) is 0 Å². The third-order valence-electron chi connectivity index (χ3n) is 3.14. The monoisotopic (exact) mass is 267 g/mol. The number of rotatable bonds is 3. The van der Waals surface area contributed by atoms with Crippen LogP contribution in [0.2, 0.25) is 0 Å². The van der Waals surface area contributed by atoms with Crippen molar-refractivity contribution in [3.05, 3.63) is 47.7 Å². The number of benzene rings is 1. The summed E-state index contributed by atoms with van der Waals surface area (Å²) >= 11 is 0. The fraction of sp³-hybridized carbons (Fsp3) is 0.333. The number of hydrogen-bond acceptors (Lipinski definition) is 0. The van der Waals surface area contributed by atoms with E-state index in [1.807, 2.05) is 37.3 Å². The van der Waals surface area contributed by atoms with Crippen LogP contribution in [0.3, 0.4) is 0 Å². The smallest absolute Gasteiger partial charge is 0.350 e. The highest BCUT2D eigenvalue weighted by atomic mass is 19.4. The van der Waals surface area contributed by atoms with Crippen LogP contribution in [-0.4, -0.2) is 4.57 Å². The number of nitrogens with zero attached hydrogens (tertiary/aromatic N) is 1. The quantitative estimate of drug-likeness (QED) is 0.762. The van der Waals surface area contributed by atoms with Crippen molar-refractivity contribution in [1.29, 1.82) is 0 Å². The van der Waals surface area contributed by atoms with Gasteiger partial charge in [-0.15, -0.1) is 0 Å². The molecule has 1 aromatic heterocycles. The van der Waals surface area contributed by atoms with Crippen LogP contribution in [0.25, 0.3) is 11.3 Å². The number of aromatic nitrogens is 1. The molecule has 1 heterocycles. The van der Waals surface area contributed by atoms with Crippen LogP contribution in [0.1, 0.15) is 24.5 Å². The highest BCUT2D eigenvalue weighted by Gasteiger charge is 2.36. The molecule has 102 valence electrons. The molecule has 2 aromatic rings. The molecule has 0 atom stereocenters. The Morgan fingerprint density at radius 3 is 2.26 bits per heavy atom. The first-order valence-corrected chi connectivity index (χ1v) is 6.26. The Morgan fingerprint density at radius 1 is 1.11 bits per heavy atom. The zero-order chi connectivity index (χ0) is 14.0. The van der Waals surface area contributed by atoms with Crippen LogP contribution in [-0.2, 0) is 19.6 Å². The summed E-state index contributed by atoms with van der Waals surface area (Å²) in [6, 6.07) is 9.22. The number of hydrogen-bond donors (Lipinski definition) is 0. The van der Waals surface area contributed by atoms with Gasteiger partial charge in [-0.05, 0) is 17.5 Å². The van der Waals surface area contributed by atoms with Crippen molar-refractivity contribution in [3.8, 4) is 11.3 Å². The Balaban J connectivity index is 2.64. The molecule has 0 bridgehead atoms. The van der Waals surface area contributed by atoms with Gasteiger partial charge in [-0.1, -0.05) is 43.7 Å². The maximum Gasteiger partial charge on any atom is 0.418 e. The van der Waals surface area contributed by atoms with Crippen molar-refractivity contribution in [2.24, 2.45) is 7.05 Å². The summed E-state index contributed by atoms with van der Waals surface area (Å²) in [4.78, 5) is 0. The molecule has 0 unspecified atom stereocenters. The summed E-state index contributed by atoms with van der Waals surface area (Å²) in [6.07, 6.45) is -1.99. The van der Waals surface area contributed by atoms with E-state index in [4.69, 9.17) is 0 Å². The molecule has 0 amide bonds. The third-order valence-corrected chi connectivity index (χ3v) is 3.14. The summed E-state index contributed by atoms with van der Waals surface area (Å²) in [7, 11) is 1.66. The number of aryl methyl sites for hydroxylation is 1. The molecule has 0 N–H and O–H groups in total. The summed E-state index contributed by atoms with van der Waals surface area (Å²) in [5, 5.41) is 0. The van der Waals surface area contributed by atoms with Gasteiger partial charge in [-0.25, -0.2) is 0 Å². The molecule has 0 aliphatic carbocycles. The number of alkyl halides is 3. The molecule has 19 heavy (non-hydrogen) atoms. The van der Waals surface area contributed by atoms with Gasteiger partial charge in [0.15, 0.2) is 0 Å². The molecule has 0 radical (unpaired) electrons. The Morgan fingerprint density at radius 2 is 1.74 bits per heavy atom. The van der Waals surface area contributed by atoms with E-state index in [2.05, 4.69) is 0 Å². The number of halogens is 3. The standard InChI is InChI=1S/C15H16F3N/c1-3-7-12-13(15(16,17)18)10-19(2)14(12)11-8-5-4-6-9-11/h4-6,8-10H,3,7H2,1-2H3. The van der Waals surface area contributed by atoms with Crippen LogP contribution in [0.4, 0.5) is 13.2 Å². The van der Waals surface area contributed by atoms with Crippen LogP contribution in [0.5, 0.6) is 0 Å². The largest absolute Gasteiger partial charge is 0.418 e. The van der Waals surface area contributed by atoms with Crippen LogP contribution >= 0.6 is 0 Å². The molecule has 0 aliphatic heterocycles. The van der Waals surface area contributed by atoms with E-state index in [1.54, 1.807) is 11.6 Å². The zero-order valence-corrected chi connectivity index (χ0v) is 11.0. The van der Waals surface area contributed by atoms with Crippen molar-refractivity contribution in [1.82, 2.24) is 4.57 Å². The van der Waals surface area contributed by atoms with Crippen molar-refractivity contribution in [2.75, 3.05) is 0 Å². The lowest BCUT2D eigenvalue weighted by Gasteiger charge is -2.10. The van der Waals surface area contributed by atoms with Gasteiger partial charge in [-0.3, -0.25) is 0 Å². The van der Waals surface area contributed by atoms with Gasteiger partial charge in [0, 0.05) is 13.2 Å². The van der Waals surface area contributed by atoms with Gasteiger partial charge in [0.05, 0.1) is 11.3 Å². The normalized spacial score (nSPS) is 11.8. The van der Waals surface area contributed by atoms with Gasteiger partial charge < -0.3 is 4.57 Å². The van der Waals surface area contributed by atoms with E-state index in [0.717, 1.165) is 5.56 Å². The fourth-order valence-electron chi connectivity index (χ4n) is 2.40. The first-order valence-electron chi connectivity index (χ1n) is 6.26. The minimum absolute atomic E-state index is 0.392. The predicted octanol–water partition coefficient (Wildman–Crippen LogP) is 4.66. The van der Waals surface area contributed by atoms with E-state index in [-0.39, 0.29) is 0 Å². The molecule has 2 rings (SSSR count). The van der Waals surface area contributed by atoms with Crippen LogP contribution in [0.15, 0.2) is 36.5 Å². The minimum atomic E-state index is -4.30. The lowest BCUT2D eigenvalue weighted by molar-refractivity contribution is -0.138. The molecule has 0 saturated heterocycles. The second-order valence-electron chi connectivity index (χ2n) is 4.59. The highest BCUT2D eigenvalue weighted by molar-refractivity contribution is 5.66. The minimum Gasteiger partial charge on any atom is -0.350 e. The third kappa shape index (κ3) is 2.67. The van der Waals surface area contributed by atoms with Gasteiger partial charge in [0.1, 0.15) is 0 Å².